The molecule has 0 amide bonds. The highest BCUT2D eigenvalue weighted by Crippen LogP contribution is 2.24. The van der Waals surface area contributed by atoms with Crippen LogP contribution >= 0.6 is 0 Å². The van der Waals surface area contributed by atoms with Gasteiger partial charge in [-0.3, -0.25) is 9.97 Å². The molecule has 31 heavy (non-hydrogen) atoms. The predicted octanol–water partition coefficient (Wildman–Crippen LogP) is 4.75. The first kappa shape index (κ1) is 18.9. The van der Waals surface area contributed by atoms with E-state index in [-0.39, 0.29) is 0 Å². The van der Waals surface area contributed by atoms with Gasteiger partial charge in [0.25, 0.3) is 0 Å². The average Bonchev–Trinajstić information content (AvgIpc) is 3.16. The van der Waals surface area contributed by atoms with Crippen LogP contribution in [0.3, 0.4) is 0 Å². The van der Waals surface area contributed by atoms with Gasteiger partial charge in [0.1, 0.15) is 11.5 Å². The molecule has 0 atom stereocenters. The summed E-state index contributed by atoms with van der Waals surface area (Å²) in [5.74, 6) is 1.37. The molecule has 5 aromatic rings. The standard InChI is InChI=1S/C25H22N6/c1-31-17-19(20-8-2-3-10-23(20)31)11-14-28-24-15-22(18-7-6-12-26-16-18)29-25(30-24)21-9-4-5-13-27-21/h2-10,12-13,15-17H,11,14H2,1H3,(H,28,29,30). The molecular weight excluding hydrogens is 384 g/mol. The molecule has 4 heterocycles. The Morgan fingerprint density at radius 2 is 1.81 bits per heavy atom. The molecule has 5 rings (SSSR count). The second-order valence-corrected chi connectivity index (χ2v) is 7.38. The lowest BCUT2D eigenvalue weighted by atomic mass is 10.1. The van der Waals surface area contributed by atoms with Gasteiger partial charge in [-0.05, 0) is 42.3 Å². The van der Waals surface area contributed by atoms with Gasteiger partial charge in [0.2, 0.25) is 0 Å². The smallest absolute Gasteiger partial charge is 0.180 e. The SMILES string of the molecule is Cn1cc(CCNc2cc(-c3cccnc3)nc(-c3ccccn3)n2)c2ccccc21. The maximum absolute atomic E-state index is 4.73. The Hall–Kier alpha value is -4.06. The number of rotatable bonds is 6. The van der Waals surface area contributed by atoms with E-state index in [4.69, 9.17) is 9.97 Å². The molecule has 0 unspecified atom stereocenters. The number of anilines is 1. The zero-order valence-corrected chi connectivity index (χ0v) is 17.2. The van der Waals surface area contributed by atoms with Crippen LogP contribution in [0.1, 0.15) is 5.56 Å². The number of aryl methyl sites for hydroxylation is 1. The third kappa shape index (κ3) is 4.00. The van der Waals surface area contributed by atoms with Crippen LogP contribution in [0.4, 0.5) is 5.82 Å². The summed E-state index contributed by atoms with van der Waals surface area (Å²) in [4.78, 5) is 18.1. The third-order valence-electron chi connectivity index (χ3n) is 5.26. The van der Waals surface area contributed by atoms with Crippen LogP contribution in [0.25, 0.3) is 33.7 Å². The van der Waals surface area contributed by atoms with E-state index in [9.17, 15) is 0 Å². The Balaban J connectivity index is 1.42. The number of para-hydroxylation sites is 1. The van der Waals surface area contributed by atoms with Crippen molar-refractivity contribution >= 4 is 16.7 Å². The number of nitrogens with zero attached hydrogens (tertiary/aromatic N) is 5. The lowest BCUT2D eigenvalue weighted by Crippen LogP contribution is -2.08. The summed E-state index contributed by atoms with van der Waals surface area (Å²) in [6, 6.07) is 20.1. The van der Waals surface area contributed by atoms with Gasteiger partial charge >= 0.3 is 0 Å². The summed E-state index contributed by atoms with van der Waals surface area (Å²) in [6.45, 7) is 0.763. The van der Waals surface area contributed by atoms with Crippen molar-refractivity contribution in [2.24, 2.45) is 7.05 Å². The van der Waals surface area contributed by atoms with Crippen molar-refractivity contribution in [1.82, 2.24) is 24.5 Å². The number of nitrogens with one attached hydrogen (secondary N) is 1. The lowest BCUT2D eigenvalue weighted by Gasteiger charge is -2.10. The van der Waals surface area contributed by atoms with Crippen LogP contribution in [0.2, 0.25) is 0 Å². The molecule has 0 spiro atoms. The quantitative estimate of drug-likeness (QED) is 0.441. The maximum atomic E-state index is 4.73. The number of hydrogen-bond donors (Lipinski definition) is 1. The Kier molecular flexibility index (Phi) is 5.10. The van der Waals surface area contributed by atoms with Crippen LogP contribution in [0.5, 0.6) is 0 Å². The minimum Gasteiger partial charge on any atom is -0.370 e. The van der Waals surface area contributed by atoms with Crippen molar-refractivity contribution < 1.29 is 0 Å². The molecule has 0 aliphatic rings. The van der Waals surface area contributed by atoms with Gasteiger partial charge in [-0.1, -0.05) is 24.3 Å². The van der Waals surface area contributed by atoms with Crippen molar-refractivity contribution in [2.45, 2.75) is 6.42 Å². The second-order valence-electron chi connectivity index (χ2n) is 7.38. The Labute approximate surface area is 180 Å². The molecule has 0 saturated heterocycles. The molecule has 0 radical (unpaired) electrons. The monoisotopic (exact) mass is 406 g/mol. The van der Waals surface area contributed by atoms with Crippen molar-refractivity contribution in [3.63, 3.8) is 0 Å². The van der Waals surface area contributed by atoms with E-state index in [2.05, 4.69) is 57.4 Å². The number of fused-ring (bicyclic) bond motifs is 1. The van der Waals surface area contributed by atoms with Gasteiger partial charge in [-0.2, -0.15) is 0 Å². The van der Waals surface area contributed by atoms with Crippen LogP contribution in [-0.2, 0) is 13.5 Å². The Bertz CT molecular complexity index is 1250. The van der Waals surface area contributed by atoms with E-state index >= 15 is 0 Å². The summed E-state index contributed by atoms with van der Waals surface area (Å²) in [7, 11) is 2.09. The number of benzene rings is 1. The van der Waals surface area contributed by atoms with E-state index in [1.807, 2.05) is 42.6 Å². The fraction of sp³-hybridized carbons (Fsp3) is 0.120. The molecule has 0 saturated carbocycles. The zero-order valence-electron chi connectivity index (χ0n) is 17.2. The summed E-state index contributed by atoms with van der Waals surface area (Å²) < 4.78 is 2.18. The predicted molar refractivity (Wildman–Crippen MR) is 124 cm³/mol. The first-order valence-corrected chi connectivity index (χ1v) is 10.3. The van der Waals surface area contributed by atoms with Gasteiger partial charge in [-0.15, -0.1) is 0 Å². The molecule has 0 bridgehead atoms. The fourth-order valence-corrected chi connectivity index (χ4v) is 3.76. The number of aromatic nitrogens is 5. The van der Waals surface area contributed by atoms with E-state index in [1.54, 1.807) is 12.4 Å². The van der Waals surface area contributed by atoms with Gasteiger partial charge < -0.3 is 9.88 Å². The van der Waals surface area contributed by atoms with Gasteiger partial charge in [0.15, 0.2) is 5.82 Å². The van der Waals surface area contributed by atoms with Crippen molar-refractivity contribution in [1.29, 1.82) is 0 Å². The van der Waals surface area contributed by atoms with Gasteiger partial charge in [-0.25, -0.2) is 9.97 Å². The fourth-order valence-electron chi connectivity index (χ4n) is 3.76. The van der Waals surface area contributed by atoms with Crippen LogP contribution in [-0.4, -0.2) is 31.0 Å². The van der Waals surface area contributed by atoms with Crippen LogP contribution in [0, 0.1) is 0 Å². The normalized spacial score (nSPS) is 11.0. The third-order valence-corrected chi connectivity index (χ3v) is 5.26. The highest BCUT2D eigenvalue weighted by molar-refractivity contribution is 5.84. The van der Waals surface area contributed by atoms with Crippen LogP contribution in [0.15, 0.2) is 85.5 Å². The molecule has 1 N–H and O–H groups in total. The topological polar surface area (TPSA) is 68.5 Å². The summed E-state index contributed by atoms with van der Waals surface area (Å²) >= 11 is 0. The molecule has 6 nitrogen and oxygen atoms in total. The molecule has 6 heteroatoms. The minimum atomic E-state index is 0.592. The first-order valence-electron chi connectivity index (χ1n) is 10.3. The van der Waals surface area contributed by atoms with Crippen molar-refractivity contribution in [3.05, 3.63) is 91.0 Å². The molecule has 0 fully saturated rings. The van der Waals surface area contributed by atoms with E-state index in [0.717, 1.165) is 35.7 Å². The molecule has 1 aromatic carbocycles. The Morgan fingerprint density at radius 1 is 0.903 bits per heavy atom. The molecular formula is C25H22N6. The summed E-state index contributed by atoms with van der Waals surface area (Å²) in [6.07, 6.45) is 8.42. The maximum Gasteiger partial charge on any atom is 0.180 e. The van der Waals surface area contributed by atoms with Gasteiger partial charge in [0, 0.05) is 60.9 Å². The zero-order chi connectivity index (χ0) is 21.0. The number of pyridine rings is 2. The van der Waals surface area contributed by atoms with Gasteiger partial charge in [0.05, 0.1) is 5.69 Å². The highest BCUT2D eigenvalue weighted by atomic mass is 15.0. The molecule has 4 aromatic heterocycles. The van der Waals surface area contributed by atoms with Crippen molar-refractivity contribution in [2.75, 3.05) is 11.9 Å². The molecule has 0 aliphatic carbocycles. The van der Waals surface area contributed by atoms with E-state index in [1.165, 1.54) is 16.5 Å². The molecule has 0 aliphatic heterocycles. The van der Waals surface area contributed by atoms with E-state index < -0.39 is 0 Å². The summed E-state index contributed by atoms with van der Waals surface area (Å²) in [5, 5.41) is 4.77. The first-order chi connectivity index (χ1) is 15.3. The number of hydrogen-bond acceptors (Lipinski definition) is 5. The second kappa shape index (κ2) is 8.36. The summed E-state index contributed by atoms with van der Waals surface area (Å²) in [5.41, 5.74) is 5.06. The molecule has 152 valence electrons. The van der Waals surface area contributed by atoms with Crippen molar-refractivity contribution in [3.8, 4) is 22.8 Å². The van der Waals surface area contributed by atoms with E-state index in [0.29, 0.717) is 5.82 Å². The lowest BCUT2D eigenvalue weighted by molar-refractivity contribution is 0.940. The minimum absolute atomic E-state index is 0.592. The average molecular weight is 406 g/mol. The largest absolute Gasteiger partial charge is 0.370 e. The Morgan fingerprint density at radius 3 is 2.65 bits per heavy atom. The highest BCUT2D eigenvalue weighted by Gasteiger charge is 2.10. The van der Waals surface area contributed by atoms with Crippen LogP contribution < -0.4 is 5.32 Å².